The number of carbonyl (C=O) groups is 2. The van der Waals surface area contributed by atoms with E-state index < -0.39 is 5.91 Å². The Balaban J connectivity index is 2.23. The maximum atomic E-state index is 12.4. The van der Waals surface area contributed by atoms with Gasteiger partial charge in [0, 0.05) is 24.5 Å². The van der Waals surface area contributed by atoms with Gasteiger partial charge in [0.15, 0.2) is 0 Å². The van der Waals surface area contributed by atoms with Crippen molar-refractivity contribution in [1.29, 1.82) is 5.26 Å². The van der Waals surface area contributed by atoms with Crippen molar-refractivity contribution in [3.8, 4) is 11.8 Å². The molecular formula is C20H20N4O3. The second-order valence-electron chi connectivity index (χ2n) is 5.55. The summed E-state index contributed by atoms with van der Waals surface area (Å²) in [6, 6.07) is 15.2. The van der Waals surface area contributed by atoms with Crippen LogP contribution in [0.5, 0.6) is 5.75 Å². The van der Waals surface area contributed by atoms with Crippen LogP contribution >= 0.6 is 0 Å². The molecule has 0 heterocycles. The average molecular weight is 364 g/mol. The Morgan fingerprint density at radius 3 is 2.52 bits per heavy atom. The molecule has 0 saturated heterocycles. The molecule has 0 saturated carbocycles. The summed E-state index contributed by atoms with van der Waals surface area (Å²) in [6.45, 7) is 3.75. The zero-order chi connectivity index (χ0) is 19.8. The van der Waals surface area contributed by atoms with Crippen molar-refractivity contribution in [3.63, 3.8) is 0 Å². The third-order valence-electron chi connectivity index (χ3n) is 3.53. The van der Waals surface area contributed by atoms with E-state index in [0.717, 1.165) is 0 Å². The average Bonchev–Trinajstić information content (AvgIpc) is 2.64. The number of nitrogens with two attached hydrogens (primary N) is 1. The van der Waals surface area contributed by atoms with Crippen LogP contribution in [-0.4, -0.2) is 18.4 Å². The molecule has 0 atom stereocenters. The molecule has 0 unspecified atom stereocenters. The van der Waals surface area contributed by atoms with Crippen molar-refractivity contribution < 1.29 is 14.3 Å². The van der Waals surface area contributed by atoms with Crippen molar-refractivity contribution in [1.82, 2.24) is 0 Å². The summed E-state index contributed by atoms with van der Waals surface area (Å²) in [4.78, 5) is 25.6. The van der Waals surface area contributed by atoms with E-state index in [-0.39, 0.29) is 11.5 Å². The Hall–Kier alpha value is -3.79. The summed E-state index contributed by atoms with van der Waals surface area (Å²) in [7, 11) is 0. The van der Waals surface area contributed by atoms with Crippen molar-refractivity contribution in [2.24, 2.45) is 0 Å². The Kier molecular flexibility index (Phi) is 6.55. The van der Waals surface area contributed by atoms with Crippen molar-refractivity contribution in [2.45, 2.75) is 13.8 Å². The normalized spacial score (nSPS) is 10.6. The fourth-order valence-corrected chi connectivity index (χ4v) is 2.29. The highest BCUT2D eigenvalue weighted by atomic mass is 16.5. The summed E-state index contributed by atoms with van der Waals surface area (Å²) >= 11 is 0. The van der Waals surface area contributed by atoms with Gasteiger partial charge < -0.3 is 15.8 Å². The van der Waals surface area contributed by atoms with Gasteiger partial charge in [-0.25, -0.2) is 0 Å². The topological polar surface area (TPSA) is 108 Å². The summed E-state index contributed by atoms with van der Waals surface area (Å²) in [5.74, 6) is -0.310. The zero-order valence-corrected chi connectivity index (χ0v) is 15.1. The third kappa shape index (κ3) is 5.34. The number of hydrogen-bond acceptors (Lipinski definition) is 5. The van der Waals surface area contributed by atoms with Gasteiger partial charge in [0.2, 0.25) is 5.91 Å². The Morgan fingerprint density at radius 1 is 1.26 bits per heavy atom. The van der Waals surface area contributed by atoms with E-state index in [1.807, 2.05) is 13.0 Å². The van der Waals surface area contributed by atoms with E-state index in [1.54, 1.807) is 48.5 Å². The van der Waals surface area contributed by atoms with Gasteiger partial charge in [-0.15, -0.1) is 0 Å². The summed E-state index contributed by atoms with van der Waals surface area (Å²) < 4.78 is 5.34. The van der Waals surface area contributed by atoms with E-state index >= 15 is 0 Å². The molecule has 0 radical (unpaired) electrons. The summed E-state index contributed by atoms with van der Waals surface area (Å²) in [6.07, 6.45) is 1.20. The smallest absolute Gasteiger partial charge is 0.267 e. The molecule has 3 N–H and O–H groups in total. The molecule has 138 valence electrons. The number of ether oxygens (including phenoxy) is 1. The van der Waals surface area contributed by atoms with Crippen LogP contribution in [0, 0.1) is 11.3 Å². The molecule has 7 heteroatoms. The van der Waals surface area contributed by atoms with Crippen LogP contribution in [0.3, 0.4) is 0 Å². The van der Waals surface area contributed by atoms with E-state index in [9.17, 15) is 14.9 Å². The number of nitrogen functional groups attached to an aromatic ring is 1. The van der Waals surface area contributed by atoms with Crippen LogP contribution in [0.4, 0.5) is 17.1 Å². The third-order valence-corrected chi connectivity index (χ3v) is 3.53. The zero-order valence-electron chi connectivity index (χ0n) is 15.1. The number of hydrogen-bond donors (Lipinski definition) is 2. The van der Waals surface area contributed by atoms with Crippen molar-refractivity contribution in [2.75, 3.05) is 22.6 Å². The van der Waals surface area contributed by atoms with Crippen LogP contribution in [0.1, 0.15) is 13.8 Å². The largest absolute Gasteiger partial charge is 0.494 e. The van der Waals surface area contributed by atoms with Crippen LogP contribution in [0.25, 0.3) is 0 Å². The fourth-order valence-electron chi connectivity index (χ4n) is 2.29. The molecule has 27 heavy (non-hydrogen) atoms. The number of amides is 2. The highest BCUT2D eigenvalue weighted by Gasteiger charge is 2.15. The first-order chi connectivity index (χ1) is 12.9. The summed E-state index contributed by atoms with van der Waals surface area (Å²) in [5, 5.41) is 12.0. The standard InChI is InChI=1S/C20H20N4O3/c1-3-27-19-9-7-17(8-10-19)23-20(26)15(12-21)13-24(14(2)25)18-6-4-5-16(22)11-18/h4-11,13H,3,22H2,1-2H3,(H,23,26)/b15-13-. The number of nitriles is 1. The second-order valence-corrected chi connectivity index (χ2v) is 5.55. The molecule has 0 aliphatic carbocycles. The number of nitrogens with one attached hydrogen (secondary N) is 1. The number of benzene rings is 2. The monoisotopic (exact) mass is 364 g/mol. The molecule has 0 bridgehead atoms. The molecule has 0 aliphatic heterocycles. The number of nitrogens with zero attached hydrogens (tertiary/aromatic N) is 2. The lowest BCUT2D eigenvalue weighted by Gasteiger charge is -2.17. The number of carbonyl (C=O) groups excluding carboxylic acids is 2. The minimum Gasteiger partial charge on any atom is -0.494 e. The van der Waals surface area contributed by atoms with Crippen molar-refractivity contribution >= 4 is 28.9 Å². The van der Waals surface area contributed by atoms with Crippen LogP contribution in [0.15, 0.2) is 60.3 Å². The van der Waals surface area contributed by atoms with Gasteiger partial charge in [-0.2, -0.15) is 5.26 Å². The van der Waals surface area contributed by atoms with Gasteiger partial charge in [0.25, 0.3) is 5.91 Å². The fraction of sp³-hybridized carbons (Fsp3) is 0.150. The second kappa shape index (κ2) is 9.06. The van der Waals surface area contributed by atoms with Gasteiger partial charge in [-0.05, 0) is 49.4 Å². The maximum Gasteiger partial charge on any atom is 0.267 e. The predicted octanol–water partition coefficient (Wildman–Crippen LogP) is 3.07. The van der Waals surface area contributed by atoms with E-state index in [4.69, 9.17) is 10.5 Å². The number of anilines is 3. The highest BCUT2D eigenvalue weighted by Crippen LogP contribution is 2.20. The molecule has 7 nitrogen and oxygen atoms in total. The van der Waals surface area contributed by atoms with E-state index in [1.165, 1.54) is 18.0 Å². The molecular weight excluding hydrogens is 344 g/mol. The first kappa shape index (κ1) is 19.5. The summed E-state index contributed by atoms with van der Waals surface area (Å²) in [5.41, 5.74) is 6.95. The van der Waals surface area contributed by atoms with Crippen LogP contribution < -0.4 is 20.7 Å². The first-order valence-corrected chi connectivity index (χ1v) is 8.26. The molecule has 0 aliphatic rings. The van der Waals surface area contributed by atoms with Crippen LogP contribution in [0.2, 0.25) is 0 Å². The molecule has 2 rings (SSSR count). The first-order valence-electron chi connectivity index (χ1n) is 8.26. The molecule has 2 amide bonds. The molecule has 0 fully saturated rings. The minimum atomic E-state index is -0.628. The molecule has 2 aromatic rings. The lowest BCUT2D eigenvalue weighted by molar-refractivity contribution is -0.116. The van der Waals surface area contributed by atoms with Gasteiger partial charge >= 0.3 is 0 Å². The Morgan fingerprint density at radius 2 is 1.96 bits per heavy atom. The molecule has 0 aromatic heterocycles. The molecule has 0 spiro atoms. The highest BCUT2D eigenvalue weighted by molar-refractivity contribution is 6.08. The lowest BCUT2D eigenvalue weighted by atomic mass is 10.2. The Bertz CT molecular complexity index is 898. The SMILES string of the molecule is CCOc1ccc(NC(=O)/C(C#N)=C\N(C(C)=O)c2cccc(N)c2)cc1. The minimum absolute atomic E-state index is 0.221. The van der Waals surface area contributed by atoms with Crippen molar-refractivity contribution in [3.05, 3.63) is 60.3 Å². The number of rotatable bonds is 6. The quantitative estimate of drug-likeness (QED) is 0.465. The maximum absolute atomic E-state index is 12.4. The van der Waals surface area contributed by atoms with Crippen LogP contribution in [-0.2, 0) is 9.59 Å². The lowest BCUT2D eigenvalue weighted by Crippen LogP contribution is -2.25. The molecule has 2 aromatic carbocycles. The van der Waals surface area contributed by atoms with E-state index in [0.29, 0.717) is 29.4 Å². The van der Waals surface area contributed by atoms with Gasteiger partial charge in [0.1, 0.15) is 17.4 Å². The van der Waals surface area contributed by atoms with Gasteiger partial charge in [-0.1, -0.05) is 6.07 Å². The Labute approximate surface area is 157 Å². The van der Waals surface area contributed by atoms with E-state index in [2.05, 4.69) is 5.32 Å². The predicted molar refractivity (Wildman–Crippen MR) is 104 cm³/mol. The van der Waals surface area contributed by atoms with Gasteiger partial charge in [-0.3, -0.25) is 14.5 Å². The van der Waals surface area contributed by atoms with Gasteiger partial charge in [0.05, 0.1) is 12.3 Å².